The van der Waals surface area contributed by atoms with Crippen molar-refractivity contribution in [3.8, 4) is 11.5 Å². The van der Waals surface area contributed by atoms with Gasteiger partial charge < -0.3 is 20.1 Å². The van der Waals surface area contributed by atoms with Crippen molar-refractivity contribution in [3.05, 3.63) is 42.2 Å². The summed E-state index contributed by atoms with van der Waals surface area (Å²) in [4.78, 5) is 1.98. The number of nitrogens with zero attached hydrogens (tertiary/aromatic N) is 1. The molecule has 5 heteroatoms. The number of anilines is 3. The number of hydrogen-bond donors (Lipinski definition) is 1. The molecule has 0 fully saturated rings. The minimum absolute atomic E-state index is 0.268. The van der Waals surface area contributed by atoms with Crippen molar-refractivity contribution in [2.45, 2.75) is 6.92 Å². The predicted molar refractivity (Wildman–Crippen MR) is 83.0 cm³/mol. The molecule has 0 saturated carbocycles. The van der Waals surface area contributed by atoms with Crippen molar-refractivity contribution < 1.29 is 13.9 Å². The van der Waals surface area contributed by atoms with E-state index in [1.165, 1.54) is 12.1 Å². The number of rotatable bonds is 5. The molecule has 112 valence electrons. The number of benzene rings is 2. The molecule has 0 saturated heterocycles. The summed E-state index contributed by atoms with van der Waals surface area (Å²) in [5.41, 5.74) is 8.33. The lowest BCUT2D eigenvalue weighted by atomic mass is 10.2. The number of methoxy groups -OCH3 is 2. The van der Waals surface area contributed by atoms with E-state index < -0.39 is 0 Å². The lowest BCUT2D eigenvalue weighted by Gasteiger charge is -2.26. The second-order valence-electron chi connectivity index (χ2n) is 4.49. The first kappa shape index (κ1) is 15.0. The fraction of sp³-hybridized carbons (Fsp3) is 0.250. The largest absolute Gasteiger partial charge is 0.493 e. The maximum absolute atomic E-state index is 13.1. The van der Waals surface area contributed by atoms with Crippen molar-refractivity contribution in [1.29, 1.82) is 0 Å². The molecule has 0 aliphatic carbocycles. The molecule has 0 radical (unpaired) electrons. The molecule has 0 aromatic heterocycles. The van der Waals surface area contributed by atoms with Crippen LogP contribution in [0.1, 0.15) is 6.92 Å². The van der Waals surface area contributed by atoms with Crippen LogP contribution in [0.5, 0.6) is 11.5 Å². The highest BCUT2D eigenvalue weighted by Crippen LogP contribution is 2.39. The Hall–Kier alpha value is -2.43. The second-order valence-corrected chi connectivity index (χ2v) is 4.49. The summed E-state index contributed by atoms with van der Waals surface area (Å²) >= 11 is 0. The van der Waals surface area contributed by atoms with Crippen LogP contribution in [0.3, 0.4) is 0 Å². The van der Waals surface area contributed by atoms with Crippen molar-refractivity contribution in [1.82, 2.24) is 0 Å². The van der Waals surface area contributed by atoms with Gasteiger partial charge in [-0.15, -0.1) is 0 Å². The Kier molecular flexibility index (Phi) is 4.52. The highest BCUT2D eigenvalue weighted by molar-refractivity contribution is 5.78. The Morgan fingerprint density at radius 2 is 1.62 bits per heavy atom. The molecule has 4 nitrogen and oxygen atoms in total. The number of halogens is 1. The van der Waals surface area contributed by atoms with Crippen molar-refractivity contribution >= 4 is 17.1 Å². The minimum atomic E-state index is -0.268. The molecule has 0 amide bonds. The van der Waals surface area contributed by atoms with E-state index in [0.29, 0.717) is 23.7 Å². The first-order valence-corrected chi connectivity index (χ1v) is 6.65. The molecule has 2 aromatic carbocycles. The van der Waals surface area contributed by atoms with Gasteiger partial charge in [-0.25, -0.2) is 4.39 Å². The molecule has 0 atom stereocenters. The van der Waals surface area contributed by atoms with Crippen LogP contribution in [-0.4, -0.2) is 20.8 Å². The van der Waals surface area contributed by atoms with Gasteiger partial charge in [-0.05, 0) is 31.2 Å². The molecule has 2 aromatic rings. The van der Waals surface area contributed by atoms with Crippen LogP contribution in [0, 0.1) is 5.82 Å². The van der Waals surface area contributed by atoms with Crippen LogP contribution in [0.25, 0.3) is 0 Å². The normalized spacial score (nSPS) is 10.3. The maximum Gasteiger partial charge on any atom is 0.162 e. The number of ether oxygens (including phenoxy) is 2. The summed E-state index contributed by atoms with van der Waals surface area (Å²) in [6.07, 6.45) is 0. The summed E-state index contributed by atoms with van der Waals surface area (Å²) in [6.45, 7) is 2.69. The average molecular weight is 290 g/mol. The molecule has 0 heterocycles. The van der Waals surface area contributed by atoms with Crippen molar-refractivity contribution in [3.63, 3.8) is 0 Å². The van der Waals surface area contributed by atoms with Crippen LogP contribution >= 0.6 is 0 Å². The molecule has 0 unspecified atom stereocenters. The fourth-order valence-electron chi connectivity index (χ4n) is 2.23. The average Bonchev–Trinajstić information content (AvgIpc) is 2.50. The lowest BCUT2D eigenvalue weighted by Crippen LogP contribution is -2.17. The SMILES string of the molecule is CCN(c1ccc(F)cc1)c1cc(OC)c(OC)cc1N. The molecular weight excluding hydrogens is 271 g/mol. The van der Waals surface area contributed by atoms with Crippen LogP contribution in [0.2, 0.25) is 0 Å². The fourth-order valence-corrected chi connectivity index (χ4v) is 2.23. The summed E-state index contributed by atoms with van der Waals surface area (Å²) in [5.74, 6) is 0.909. The number of nitrogen functional groups attached to an aromatic ring is 1. The third-order valence-electron chi connectivity index (χ3n) is 3.28. The first-order valence-electron chi connectivity index (χ1n) is 6.65. The first-order chi connectivity index (χ1) is 10.1. The smallest absolute Gasteiger partial charge is 0.162 e. The third kappa shape index (κ3) is 3.02. The Morgan fingerprint density at radius 1 is 1.05 bits per heavy atom. The molecule has 0 aliphatic heterocycles. The Labute approximate surface area is 123 Å². The summed E-state index contributed by atoms with van der Waals surface area (Å²) in [5, 5.41) is 0. The topological polar surface area (TPSA) is 47.7 Å². The zero-order chi connectivity index (χ0) is 15.4. The Bertz CT molecular complexity index is 614. The van der Waals surface area contributed by atoms with Gasteiger partial charge in [0.05, 0.1) is 25.6 Å². The van der Waals surface area contributed by atoms with Gasteiger partial charge in [-0.2, -0.15) is 0 Å². The highest BCUT2D eigenvalue weighted by Gasteiger charge is 2.15. The molecule has 0 spiro atoms. The van der Waals surface area contributed by atoms with E-state index in [1.807, 2.05) is 17.9 Å². The third-order valence-corrected chi connectivity index (χ3v) is 3.28. The van der Waals surface area contributed by atoms with Crippen LogP contribution in [0.4, 0.5) is 21.5 Å². The molecule has 0 aliphatic rings. The van der Waals surface area contributed by atoms with Crippen LogP contribution in [0.15, 0.2) is 36.4 Å². The van der Waals surface area contributed by atoms with Crippen molar-refractivity contribution in [2.24, 2.45) is 0 Å². The van der Waals surface area contributed by atoms with Crippen molar-refractivity contribution in [2.75, 3.05) is 31.4 Å². The number of nitrogens with two attached hydrogens (primary N) is 1. The van der Waals surface area contributed by atoms with Gasteiger partial charge >= 0.3 is 0 Å². The van der Waals surface area contributed by atoms with E-state index in [4.69, 9.17) is 15.2 Å². The predicted octanol–water partition coefficient (Wildman–Crippen LogP) is 3.58. The molecule has 2 N–H and O–H groups in total. The van der Waals surface area contributed by atoms with Crippen LogP contribution < -0.4 is 20.1 Å². The standard InChI is InChI=1S/C16H19FN2O2/c1-4-19(12-7-5-11(17)6-8-12)14-10-16(21-3)15(20-2)9-13(14)18/h5-10H,4,18H2,1-3H3. The van der Waals surface area contributed by atoms with Gasteiger partial charge in [0.25, 0.3) is 0 Å². The van der Waals surface area contributed by atoms with Gasteiger partial charge in [0.2, 0.25) is 0 Å². The van der Waals surface area contributed by atoms with Gasteiger partial charge in [0, 0.05) is 24.4 Å². The van der Waals surface area contributed by atoms with E-state index in [1.54, 1.807) is 32.4 Å². The Morgan fingerprint density at radius 3 is 2.14 bits per heavy atom. The van der Waals surface area contributed by atoms with E-state index in [0.717, 1.165) is 11.4 Å². The highest BCUT2D eigenvalue weighted by atomic mass is 19.1. The van der Waals surface area contributed by atoms with E-state index in [2.05, 4.69) is 0 Å². The summed E-state index contributed by atoms with van der Waals surface area (Å²) in [6, 6.07) is 9.83. The molecule has 0 bridgehead atoms. The van der Waals surface area contributed by atoms with Gasteiger partial charge in [0.1, 0.15) is 5.82 Å². The molecule has 2 rings (SSSR count). The lowest BCUT2D eigenvalue weighted by molar-refractivity contribution is 0.355. The van der Waals surface area contributed by atoms with Crippen LogP contribution in [-0.2, 0) is 0 Å². The maximum atomic E-state index is 13.1. The minimum Gasteiger partial charge on any atom is -0.493 e. The van der Waals surface area contributed by atoms with Gasteiger partial charge in [0.15, 0.2) is 11.5 Å². The summed E-state index contributed by atoms with van der Waals surface area (Å²) in [7, 11) is 3.14. The quantitative estimate of drug-likeness (QED) is 0.855. The van der Waals surface area contributed by atoms with E-state index in [9.17, 15) is 4.39 Å². The zero-order valence-corrected chi connectivity index (χ0v) is 12.4. The summed E-state index contributed by atoms with van der Waals surface area (Å²) < 4.78 is 23.6. The van der Waals surface area contributed by atoms with E-state index >= 15 is 0 Å². The number of hydrogen-bond acceptors (Lipinski definition) is 4. The second kappa shape index (κ2) is 6.35. The van der Waals surface area contributed by atoms with Gasteiger partial charge in [-0.3, -0.25) is 0 Å². The molecular formula is C16H19FN2O2. The monoisotopic (exact) mass is 290 g/mol. The van der Waals surface area contributed by atoms with E-state index in [-0.39, 0.29) is 5.82 Å². The Balaban J connectivity index is 2.49. The zero-order valence-electron chi connectivity index (χ0n) is 12.4. The molecule has 21 heavy (non-hydrogen) atoms. The van der Waals surface area contributed by atoms with Gasteiger partial charge in [-0.1, -0.05) is 0 Å².